The molecule has 1 aliphatic carbocycles. The molecule has 0 spiro atoms. The van der Waals surface area contributed by atoms with Crippen LogP contribution in [0, 0.1) is 18.3 Å². The average molecular weight is 389 g/mol. The first-order valence-corrected chi connectivity index (χ1v) is 10.7. The molecule has 0 N–H and O–H groups in total. The normalized spacial score (nSPS) is 19.8. The molecule has 5 nitrogen and oxygen atoms in total. The maximum absolute atomic E-state index is 13.1. The molecule has 156 valence electrons. The Morgan fingerprint density at radius 1 is 1.25 bits per heavy atom. The average Bonchev–Trinajstić information content (AvgIpc) is 2.86. The van der Waals surface area contributed by atoms with Crippen molar-refractivity contribution in [1.82, 2.24) is 9.47 Å². The molecule has 5 heteroatoms. The van der Waals surface area contributed by atoms with Crippen molar-refractivity contribution in [2.45, 2.75) is 79.3 Å². The highest BCUT2D eigenvalue weighted by Crippen LogP contribution is 2.39. The first-order chi connectivity index (χ1) is 13.1. The summed E-state index contributed by atoms with van der Waals surface area (Å²) in [5.41, 5.74) is 4.01. The van der Waals surface area contributed by atoms with Gasteiger partial charge in [0.2, 0.25) is 5.91 Å². The van der Waals surface area contributed by atoms with Gasteiger partial charge >= 0.3 is 0 Å². The summed E-state index contributed by atoms with van der Waals surface area (Å²) in [6.45, 7) is 13.1. The Labute approximate surface area is 169 Å². The molecule has 2 aliphatic rings. The second-order valence-corrected chi connectivity index (χ2v) is 9.86. The fraction of sp³-hybridized carbons (Fsp3) is 0.739. The summed E-state index contributed by atoms with van der Waals surface area (Å²) in [5.74, 6) is 0.800. The van der Waals surface area contributed by atoms with E-state index in [0.717, 1.165) is 61.5 Å². The molecular weight excluding hydrogens is 352 g/mol. The first kappa shape index (κ1) is 21.1. The van der Waals surface area contributed by atoms with Crippen LogP contribution in [0.5, 0.6) is 0 Å². The maximum atomic E-state index is 13.1. The number of ketones is 1. The SMILES string of the molecule is Cc1c(CC(=O)N(C)C2CCOCC2)c2c(n1CC(C)C)CC(C)(C)CC2=O. The number of amides is 1. The number of hydrogen-bond acceptors (Lipinski definition) is 3. The predicted molar refractivity (Wildman–Crippen MR) is 111 cm³/mol. The monoisotopic (exact) mass is 388 g/mol. The molecule has 1 fully saturated rings. The third-order valence-electron chi connectivity index (χ3n) is 6.33. The molecule has 1 aromatic rings. The van der Waals surface area contributed by atoms with Gasteiger partial charge in [-0.05, 0) is 43.1 Å². The van der Waals surface area contributed by atoms with Crippen molar-refractivity contribution < 1.29 is 14.3 Å². The van der Waals surface area contributed by atoms with Gasteiger partial charge in [-0.15, -0.1) is 0 Å². The molecule has 1 amide bonds. The molecule has 2 heterocycles. The summed E-state index contributed by atoms with van der Waals surface area (Å²) in [6.07, 6.45) is 3.55. The number of aromatic nitrogens is 1. The summed E-state index contributed by atoms with van der Waals surface area (Å²) >= 11 is 0. The number of nitrogens with zero attached hydrogens (tertiary/aromatic N) is 2. The number of fused-ring (bicyclic) bond motifs is 1. The minimum atomic E-state index is -0.0240. The highest BCUT2D eigenvalue weighted by atomic mass is 16.5. The van der Waals surface area contributed by atoms with Crippen LogP contribution in [0.3, 0.4) is 0 Å². The lowest BCUT2D eigenvalue weighted by molar-refractivity contribution is -0.132. The van der Waals surface area contributed by atoms with Crippen molar-refractivity contribution in [2.75, 3.05) is 20.3 Å². The lowest BCUT2D eigenvalue weighted by atomic mass is 9.75. The van der Waals surface area contributed by atoms with Gasteiger partial charge in [0.25, 0.3) is 0 Å². The van der Waals surface area contributed by atoms with Crippen molar-refractivity contribution in [3.05, 3.63) is 22.5 Å². The first-order valence-electron chi connectivity index (χ1n) is 10.7. The van der Waals surface area contributed by atoms with Crippen LogP contribution in [0.1, 0.15) is 74.3 Å². The molecule has 0 saturated carbocycles. The van der Waals surface area contributed by atoms with Crippen LogP contribution in [0.4, 0.5) is 0 Å². The van der Waals surface area contributed by atoms with E-state index in [9.17, 15) is 9.59 Å². The Morgan fingerprint density at radius 2 is 1.89 bits per heavy atom. The molecule has 1 aromatic heterocycles. The zero-order chi connectivity index (χ0) is 20.6. The van der Waals surface area contributed by atoms with Crippen molar-refractivity contribution in [3.63, 3.8) is 0 Å². The van der Waals surface area contributed by atoms with Crippen molar-refractivity contribution >= 4 is 11.7 Å². The van der Waals surface area contributed by atoms with Crippen molar-refractivity contribution in [2.24, 2.45) is 11.3 Å². The Morgan fingerprint density at radius 3 is 2.50 bits per heavy atom. The molecule has 0 radical (unpaired) electrons. The van der Waals surface area contributed by atoms with E-state index in [-0.39, 0.29) is 23.1 Å². The number of Topliss-reactive ketones (excluding diaryl/α,β-unsaturated/α-hetero) is 1. The number of rotatable bonds is 5. The Balaban J connectivity index is 1.93. The fourth-order valence-corrected chi connectivity index (χ4v) is 4.79. The Hall–Kier alpha value is -1.62. The summed E-state index contributed by atoms with van der Waals surface area (Å²) in [5, 5.41) is 0. The number of carbonyl (C=O) groups excluding carboxylic acids is 2. The molecule has 28 heavy (non-hydrogen) atoms. The van der Waals surface area contributed by atoms with Gasteiger partial charge in [0.05, 0.1) is 6.42 Å². The van der Waals surface area contributed by atoms with Gasteiger partial charge in [-0.25, -0.2) is 0 Å². The van der Waals surface area contributed by atoms with Gasteiger partial charge in [-0.2, -0.15) is 0 Å². The molecular formula is C23H36N2O3. The van der Waals surface area contributed by atoms with Gasteiger partial charge in [-0.3, -0.25) is 9.59 Å². The number of carbonyl (C=O) groups is 2. The van der Waals surface area contributed by atoms with E-state index in [2.05, 4.69) is 39.2 Å². The second kappa shape index (κ2) is 8.02. The van der Waals surface area contributed by atoms with Gasteiger partial charge in [0, 0.05) is 56.2 Å². The largest absolute Gasteiger partial charge is 0.381 e. The molecule has 1 aliphatic heterocycles. The fourth-order valence-electron chi connectivity index (χ4n) is 4.79. The molecule has 3 rings (SSSR count). The van der Waals surface area contributed by atoms with Gasteiger partial charge in [0.1, 0.15) is 0 Å². The van der Waals surface area contributed by atoms with Gasteiger partial charge in [-0.1, -0.05) is 27.7 Å². The minimum absolute atomic E-state index is 0.0240. The summed E-state index contributed by atoms with van der Waals surface area (Å²) in [4.78, 5) is 28.0. The predicted octanol–water partition coefficient (Wildman–Crippen LogP) is 3.79. The van der Waals surface area contributed by atoms with Crippen LogP contribution >= 0.6 is 0 Å². The summed E-state index contributed by atoms with van der Waals surface area (Å²) in [7, 11) is 1.90. The molecule has 0 aromatic carbocycles. The second-order valence-electron chi connectivity index (χ2n) is 9.86. The summed E-state index contributed by atoms with van der Waals surface area (Å²) < 4.78 is 7.74. The third-order valence-corrected chi connectivity index (χ3v) is 6.33. The van der Waals surface area contributed by atoms with E-state index in [4.69, 9.17) is 4.74 Å². The van der Waals surface area contributed by atoms with Crippen molar-refractivity contribution in [1.29, 1.82) is 0 Å². The van der Waals surface area contributed by atoms with E-state index in [0.29, 0.717) is 18.8 Å². The number of ether oxygens (including phenoxy) is 1. The van der Waals surface area contributed by atoms with Gasteiger partial charge < -0.3 is 14.2 Å². The smallest absolute Gasteiger partial charge is 0.227 e. The maximum Gasteiger partial charge on any atom is 0.227 e. The molecule has 1 saturated heterocycles. The van der Waals surface area contributed by atoms with Crippen molar-refractivity contribution in [3.8, 4) is 0 Å². The molecule has 0 unspecified atom stereocenters. The third kappa shape index (κ3) is 4.19. The van der Waals surface area contributed by atoms with Crippen LogP contribution in [-0.4, -0.2) is 47.5 Å². The highest BCUT2D eigenvalue weighted by molar-refractivity contribution is 6.01. The van der Waals surface area contributed by atoms with Crippen LogP contribution in [0.2, 0.25) is 0 Å². The van der Waals surface area contributed by atoms with Crippen LogP contribution in [0.15, 0.2) is 0 Å². The van der Waals surface area contributed by atoms with Crippen LogP contribution in [-0.2, 0) is 28.9 Å². The van der Waals surface area contributed by atoms with E-state index < -0.39 is 0 Å². The number of likely N-dealkylation sites (N-methyl/N-ethyl adjacent to an activating group) is 1. The van der Waals surface area contributed by atoms with E-state index >= 15 is 0 Å². The Bertz CT molecular complexity index is 754. The zero-order valence-corrected chi connectivity index (χ0v) is 18.4. The topological polar surface area (TPSA) is 51.5 Å². The quantitative estimate of drug-likeness (QED) is 0.771. The van der Waals surface area contributed by atoms with E-state index in [1.54, 1.807) is 0 Å². The minimum Gasteiger partial charge on any atom is -0.381 e. The standard InChI is InChI=1S/C23H36N2O3/c1-15(2)14-25-16(3)18(22-19(25)12-23(4,5)13-20(22)26)11-21(27)24(6)17-7-9-28-10-8-17/h15,17H,7-14H2,1-6H3. The van der Waals surface area contributed by atoms with Gasteiger partial charge in [0.15, 0.2) is 5.78 Å². The lowest BCUT2D eigenvalue weighted by Gasteiger charge is -2.32. The highest BCUT2D eigenvalue weighted by Gasteiger charge is 2.37. The Kier molecular flexibility index (Phi) is 6.04. The lowest BCUT2D eigenvalue weighted by Crippen LogP contribution is -2.41. The zero-order valence-electron chi connectivity index (χ0n) is 18.4. The molecule has 0 atom stereocenters. The van der Waals surface area contributed by atoms with Crippen LogP contribution < -0.4 is 0 Å². The van der Waals surface area contributed by atoms with Crippen LogP contribution in [0.25, 0.3) is 0 Å². The van der Waals surface area contributed by atoms with E-state index in [1.165, 1.54) is 0 Å². The number of hydrogen-bond donors (Lipinski definition) is 0. The molecule has 0 bridgehead atoms. The van der Waals surface area contributed by atoms with E-state index in [1.807, 2.05) is 11.9 Å². The summed E-state index contributed by atoms with van der Waals surface area (Å²) in [6, 6.07) is 0.241.